The summed E-state index contributed by atoms with van der Waals surface area (Å²) in [4.78, 5) is 29.0. The van der Waals surface area contributed by atoms with Gasteiger partial charge in [-0.15, -0.1) is 0 Å². The van der Waals surface area contributed by atoms with Crippen LogP contribution in [0.25, 0.3) is 0 Å². The molecule has 41 heavy (non-hydrogen) atoms. The molecule has 0 bridgehead atoms. The van der Waals surface area contributed by atoms with Gasteiger partial charge in [0.05, 0.1) is 10.6 Å². The van der Waals surface area contributed by atoms with E-state index in [1.54, 1.807) is 18.2 Å². The number of amides is 2. The van der Waals surface area contributed by atoms with E-state index >= 15 is 4.39 Å². The smallest absolute Gasteiger partial charge is 0.264 e. The molecule has 1 saturated carbocycles. The van der Waals surface area contributed by atoms with Gasteiger partial charge < -0.3 is 10.2 Å². The molecule has 0 radical (unpaired) electrons. The van der Waals surface area contributed by atoms with Gasteiger partial charge in [0.25, 0.3) is 10.0 Å². The molecule has 0 heterocycles. The summed E-state index contributed by atoms with van der Waals surface area (Å²) in [6.45, 7) is 1.39. The number of hydrogen-bond donors (Lipinski definition) is 1. The Bertz CT molecular complexity index is 1400. The van der Waals surface area contributed by atoms with Crippen molar-refractivity contribution in [1.82, 2.24) is 10.2 Å². The van der Waals surface area contributed by atoms with Crippen LogP contribution in [0.2, 0.25) is 0 Å². The molecule has 3 aromatic carbocycles. The number of nitrogens with one attached hydrogen (secondary N) is 1. The Morgan fingerprint density at radius 3 is 2.15 bits per heavy atom. The number of anilines is 1. The number of sulfonamides is 1. The molecule has 7 nitrogen and oxygen atoms in total. The molecular weight excluding hydrogens is 541 g/mol. The van der Waals surface area contributed by atoms with Crippen molar-refractivity contribution >= 4 is 27.5 Å². The van der Waals surface area contributed by atoms with Gasteiger partial charge in [-0.3, -0.25) is 13.9 Å². The normalized spacial score (nSPS) is 14.7. The van der Waals surface area contributed by atoms with Crippen LogP contribution in [-0.4, -0.2) is 50.3 Å². The minimum absolute atomic E-state index is 0.0600. The van der Waals surface area contributed by atoms with Crippen LogP contribution in [0.3, 0.4) is 0 Å². The number of rotatable bonds is 12. The summed E-state index contributed by atoms with van der Waals surface area (Å²) < 4.78 is 43.4. The molecule has 1 aliphatic rings. The molecule has 3 aromatic rings. The topological polar surface area (TPSA) is 86.8 Å². The Labute approximate surface area is 242 Å². The first-order valence-electron chi connectivity index (χ1n) is 14.3. The number of carbonyl (C=O) groups is 2. The van der Waals surface area contributed by atoms with E-state index in [0.29, 0.717) is 12.8 Å². The highest BCUT2D eigenvalue weighted by Gasteiger charge is 2.35. The monoisotopic (exact) mass is 579 g/mol. The highest BCUT2D eigenvalue weighted by molar-refractivity contribution is 7.92. The van der Waals surface area contributed by atoms with Gasteiger partial charge in [-0.1, -0.05) is 86.8 Å². The summed E-state index contributed by atoms with van der Waals surface area (Å²) >= 11 is 0. The number of hydrogen-bond acceptors (Lipinski definition) is 4. The fourth-order valence-electron chi connectivity index (χ4n) is 5.33. The number of halogens is 1. The maximum Gasteiger partial charge on any atom is 0.264 e. The third kappa shape index (κ3) is 7.73. The Morgan fingerprint density at radius 1 is 0.902 bits per heavy atom. The predicted molar refractivity (Wildman–Crippen MR) is 158 cm³/mol. The maximum atomic E-state index is 15.0. The molecule has 1 aliphatic carbocycles. The standard InChI is InChI=1S/C32H38FN3O4S/c1-2-29(32(38)34-26-16-8-4-9-17-26)35(23-22-25-14-6-3-7-15-25)31(37)24-36(30-21-13-12-20-28(30)33)41(39,40)27-18-10-5-11-19-27/h3,5-7,10-15,18-21,26,29H,2,4,8-9,16-17,22-24H2,1H3,(H,34,38)/t29-/m0/s1. The molecule has 218 valence electrons. The average Bonchev–Trinajstić information content (AvgIpc) is 2.99. The van der Waals surface area contributed by atoms with Crippen LogP contribution in [0.5, 0.6) is 0 Å². The van der Waals surface area contributed by atoms with Gasteiger partial charge in [0.15, 0.2) is 0 Å². The Balaban J connectivity index is 1.66. The highest BCUT2D eigenvalue weighted by atomic mass is 32.2. The summed E-state index contributed by atoms with van der Waals surface area (Å²) in [7, 11) is -4.30. The van der Waals surface area contributed by atoms with Crippen molar-refractivity contribution in [2.24, 2.45) is 0 Å². The molecule has 9 heteroatoms. The quantitative estimate of drug-likeness (QED) is 0.315. The van der Waals surface area contributed by atoms with Gasteiger partial charge in [0.1, 0.15) is 18.4 Å². The molecule has 1 N–H and O–H groups in total. The second-order valence-electron chi connectivity index (χ2n) is 10.4. The van der Waals surface area contributed by atoms with E-state index in [9.17, 15) is 18.0 Å². The average molecular weight is 580 g/mol. The lowest BCUT2D eigenvalue weighted by atomic mass is 9.95. The zero-order valence-electron chi connectivity index (χ0n) is 23.4. The van der Waals surface area contributed by atoms with Crippen LogP contribution < -0.4 is 9.62 Å². The third-order valence-electron chi connectivity index (χ3n) is 7.55. The fourth-order valence-corrected chi connectivity index (χ4v) is 6.77. The predicted octanol–water partition coefficient (Wildman–Crippen LogP) is 5.32. The van der Waals surface area contributed by atoms with Gasteiger partial charge in [0, 0.05) is 12.6 Å². The second-order valence-corrected chi connectivity index (χ2v) is 12.2. The minimum atomic E-state index is -4.30. The largest absolute Gasteiger partial charge is 0.352 e. The van der Waals surface area contributed by atoms with Gasteiger partial charge in [-0.2, -0.15) is 0 Å². The first-order chi connectivity index (χ1) is 19.8. The SMILES string of the molecule is CC[C@@H](C(=O)NC1CCCCC1)N(CCc1ccccc1)C(=O)CN(c1ccccc1F)S(=O)(=O)c1ccccc1. The number of nitrogens with zero attached hydrogens (tertiary/aromatic N) is 2. The lowest BCUT2D eigenvalue weighted by Crippen LogP contribution is -2.54. The van der Waals surface area contributed by atoms with Crippen LogP contribution in [0, 0.1) is 5.82 Å². The zero-order valence-corrected chi connectivity index (χ0v) is 24.2. The molecule has 2 amide bonds. The lowest BCUT2D eigenvalue weighted by molar-refractivity contribution is -0.140. The number of carbonyl (C=O) groups excluding carboxylic acids is 2. The van der Waals surface area contributed by atoms with E-state index in [2.05, 4.69) is 5.32 Å². The Morgan fingerprint density at radius 2 is 1.51 bits per heavy atom. The van der Waals surface area contributed by atoms with Crippen molar-refractivity contribution in [1.29, 1.82) is 0 Å². The number of para-hydroxylation sites is 1. The molecule has 0 saturated heterocycles. The Kier molecular flexibility index (Phi) is 10.5. The summed E-state index contributed by atoms with van der Waals surface area (Å²) in [5.41, 5.74) is 0.753. The van der Waals surface area contributed by atoms with Gasteiger partial charge in [-0.25, -0.2) is 12.8 Å². The van der Waals surface area contributed by atoms with Crippen molar-refractivity contribution in [2.75, 3.05) is 17.4 Å². The molecule has 0 aliphatic heterocycles. The molecule has 4 rings (SSSR count). The third-order valence-corrected chi connectivity index (χ3v) is 9.33. The van der Waals surface area contributed by atoms with Crippen LogP contribution in [0.4, 0.5) is 10.1 Å². The maximum absolute atomic E-state index is 15.0. The summed E-state index contributed by atoms with van der Waals surface area (Å²) in [6.07, 6.45) is 5.87. The summed E-state index contributed by atoms with van der Waals surface area (Å²) in [5, 5.41) is 3.13. The van der Waals surface area contributed by atoms with Crippen LogP contribution in [0.1, 0.15) is 51.0 Å². The van der Waals surface area contributed by atoms with E-state index in [0.717, 1.165) is 48.0 Å². The summed E-state index contributed by atoms with van der Waals surface area (Å²) in [5.74, 6) is -1.59. The van der Waals surface area contributed by atoms with Crippen molar-refractivity contribution in [3.63, 3.8) is 0 Å². The van der Waals surface area contributed by atoms with Crippen LogP contribution in [-0.2, 0) is 26.0 Å². The second kappa shape index (κ2) is 14.3. The highest BCUT2D eigenvalue weighted by Crippen LogP contribution is 2.27. The lowest BCUT2D eigenvalue weighted by Gasteiger charge is -2.34. The van der Waals surface area contributed by atoms with Gasteiger partial charge in [-0.05, 0) is 55.5 Å². The first-order valence-corrected chi connectivity index (χ1v) is 15.7. The molecule has 1 atom stereocenters. The van der Waals surface area contributed by atoms with E-state index in [4.69, 9.17) is 0 Å². The minimum Gasteiger partial charge on any atom is -0.352 e. The molecule has 0 aromatic heterocycles. The Hall–Kier alpha value is -3.72. The molecule has 1 fully saturated rings. The van der Waals surface area contributed by atoms with E-state index in [1.807, 2.05) is 37.3 Å². The van der Waals surface area contributed by atoms with Crippen molar-refractivity contribution < 1.29 is 22.4 Å². The molecule has 0 unspecified atom stereocenters. The zero-order chi connectivity index (χ0) is 29.2. The van der Waals surface area contributed by atoms with Crippen molar-refractivity contribution in [3.8, 4) is 0 Å². The van der Waals surface area contributed by atoms with Crippen molar-refractivity contribution in [2.45, 2.75) is 68.8 Å². The van der Waals surface area contributed by atoms with Crippen LogP contribution >= 0.6 is 0 Å². The van der Waals surface area contributed by atoms with E-state index in [1.165, 1.54) is 35.2 Å². The summed E-state index contributed by atoms with van der Waals surface area (Å²) in [6, 6.07) is 22.0. The number of benzene rings is 3. The van der Waals surface area contributed by atoms with Gasteiger partial charge in [0.2, 0.25) is 11.8 Å². The first kappa shape index (κ1) is 30.2. The van der Waals surface area contributed by atoms with Gasteiger partial charge >= 0.3 is 0 Å². The van der Waals surface area contributed by atoms with E-state index < -0.39 is 34.3 Å². The molecular formula is C32H38FN3O4S. The fraction of sp³-hybridized carbons (Fsp3) is 0.375. The molecule has 0 spiro atoms. The van der Waals surface area contributed by atoms with Crippen LogP contribution in [0.15, 0.2) is 89.8 Å². The van der Waals surface area contributed by atoms with Crippen molar-refractivity contribution in [3.05, 3.63) is 96.3 Å². The van der Waals surface area contributed by atoms with E-state index in [-0.39, 0.29) is 29.1 Å².